The number of hydrogen-bond acceptors (Lipinski definition) is 4. The predicted molar refractivity (Wildman–Crippen MR) is 91.7 cm³/mol. The van der Waals surface area contributed by atoms with E-state index >= 15 is 0 Å². The van der Waals surface area contributed by atoms with E-state index in [0.717, 1.165) is 25.7 Å². The van der Waals surface area contributed by atoms with Crippen molar-refractivity contribution in [2.24, 2.45) is 5.92 Å². The van der Waals surface area contributed by atoms with Crippen LogP contribution in [0.3, 0.4) is 0 Å². The third-order valence-electron chi connectivity index (χ3n) is 4.82. The summed E-state index contributed by atoms with van der Waals surface area (Å²) in [6.45, 7) is 4.54. The van der Waals surface area contributed by atoms with E-state index in [4.69, 9.17) is 4.74 Å². The summed E-state index contributed by atoms with van der Waals surface area (Å²) in [6.07, 6.45) is 3.85. The summed E-state index contributed by atoms with van der Waals surface area (Å²) in [5, 5.41) is 0. The molecule has 0 spiro atoms. The molecule has 1 heterocycles. The van der Waals surface area contributed by atoms with Crippen LogP contribution in [-0.2, 0) is 14.8 Å². The first-order valence-corrected chi connectivity index (χ1v) is 9.92. The van der Waals surface area contributed by atoms with Gasteiger partial charge in [0.1, 0.15) is 12.4 Å². The van der Waals surface area contributed by atoms with Gasteiger partial charge in [-0.15, -0.1) is 0 Å². The number of hydrogen-bond donors (Lipinski definition) is 1. The molecule has 0 bridgehead atoms. The maximum Gasteiger partial charge on any atom is 0.240 e. The first-order chi connectivity index (χ1) is 11.4. The molecule has 24 heavy (non-hydrogen) atoms. The molecule has 1 aliphatic heterocycles. The fourth-order valence-electron chi connectivity index (χ4n) is 3.36. The number of amides is 1. The Morgan fingerprint density at radius 1 is 1.25 bits per heavy atom. The Bertz CT molecular complexity index is 724. The molecule has 1 aromatic rings. The number of rotatable bonds is 3. The van der Waals surface area contributed by atoms with E-state index in [2.05, 4.69) is 11.6 Å². The average molecular weight is 352 g/mol. The monoisotopic (exact) mass is 352 g/mol. The van der Waals surface area contributed by atoms with Gasteiger partial charge in [0, 0.05) is 19.0 Å². The molecule has 2 aliphatic rings. The zero-order valence-electron chi connectivity index (χ0n) is 14.1. The molecule has 0 atom stereocenters. The first kappa shape index (κ1) is 17.2. The summed E-state index contributed by atoms with van der Waals surface area (Å²) in [4.78, 5) is 13.5. The third-order valence-corrected chi connectivity index (χ3v) is 6.34. The molecule has 0 saturated heterocycles. The molecule has 6 nitrogen and oxygen atoms in total. The number of sulfonamides is 1. The van der Waals surface area contributed by atoms with Gasteiger partial charge in [0.2, 0.25) is 15.9 Å². The lowest BCUT2D eigenvalue weighted by Crippen LogP contribution is -2.38. The molecule has 7 heteroatoms. The molecule has 1 fully saturated rings. The van der Waals surface area contributed by atoms with Gasteiger partial charge in [-0.3, -0.25) is 4.79 Å². The Balaban J connectivity index is 1.80. The van der Waals surface area contributed by atoms with Crippen LogP contribution in [0, 0.1) is 5.92 Å². The number of carbonyl (C=O) groups excluding carboxylic acids is 1. The molecule has 0 unspecified atom stereocenters. The molecule has 132 valence electrons. The number of carbonyl (C=O) groups is 1. The van der Waals surface area contributed by atoms with Crippen molar-refractivity contribution in [2.45, 2.75) is 50.5 Å². The van der Waals surface area contributed by atoms with Gasteiger partial charge < -0.3 is 9.64 Å². The Hall–Kier alpha value is -1.60. The zero-order chi connectivity index (χ0) is 17.3. The fourth-order valence-corrected chi connectivity index (χ4v) is 4.68. The van der Waals surface area contributed by atoms with Crippen molar-refractivity contribution < 1.29 is 17.9 Å². The van der Waals surface area contributed by atoms with Crippen LogP contribution in [0.5, 0.6) is 5.75 Å². The first-order valence-electron chi connectivity index (χ1n) is 8.44. The maximum atomic E-state index is 12.6. The molecule has 1 amide bonds. The highest BCUT2D eigenvalue weighted by Crippen LogP contribution is 2.34. The third kappa shape index (κ3) is 3.57. The van der Waals surface area contributed by atoms with E-state index in [1.54, 1.807) is 11.0 Å². The van der Waals surface area contributed by atoms with Gasteiger partial charge in [-0.1, -0.05) is 6.92 Å². The van der Waals surface area contributed by atoms with Gasteiger partial charge in [-0.05, 0) is 43.7 Å². The van der Waals surface area contributed by atoms with E-state index in [1.165, 1.54) is 19.1 Å². The molecule has 3 rings (SSSR count). The normalized spacial score (nSPS) is 24.2. The lowest BCUT2D eigenvalue weighted by molar-refractivity contribution is -0.116. The van der Waals surface area contributed by atoms with Crippen LogP contribution in [0.25, 0.3) is 0 Å². The Morgan fingerprint density at radius 3 is 2.62 bits per heavy atom. The zero-order valence-corrected chi connectivity index (χ0v) is 14.9. The molecular formula is C17H24N2O4S. The number of nitrogens with zero attached hydrogens (tertiary/aromatic N) is 1. The number of benzene rings is 1. The van der Waals surface area contributed by atoms with E-state index < -0.39 is 10.0 Å². The van der Waals surface area contributed by atoms with Crippen LogP contribution in [0.1, 0.15) is 39.5 Å². The van der Waals surface area contributed by atoms with Crippen LogP contribution in [0.2, 0.25) is 0 Å². The van der Waals surface area contributed by atoms with Crippen LogP contribution >= 0.6 is 0 Å². The van der Waals surface area contributed by atoms with Crippen molar-refractivity contribution in [3.63, 3.8) is 0 Å². The topological polar surface area (TPSA) is 75.7 Å². The highest BCUT2D eigenvalue weighted by molar-refractivity contribution is 7.89. The Kier molecular flexibility index (Phi) is 4.83. The molecule has 1 N–H and O–H groups in total. The number of fused-ring (bicyclic) bond motifs is 1. The molecule has 0 radical (unpaired) electrons. The highest BCUT2D eigenvalue weighted by atomic mass is 32.2. The number of nitrogens with one attached hydrogen (secondary N) is 1. The van der Waals surface area contributed by atoms with Gasteiger partial charge in [0.25, 0.3) is 0 Å². The van der Waals surface area contributed by atoms with Crippen LogP contribution < -0.4 is 14.4 Å². The lowest BCUT2D eigenvalue weighted by Gasteiger charge is -2.29. The van der Waals surface area contributed by atoms with Gasteiger partial charge in [0.05, 0.1) is 17.1 Å². The largest absolute Gasteiger partial charge is 0.489 e. The average Bonchev–Trinajstić information content (AvgIpc) is 2.55. The number of ether oxygens (including phenoxy) is 1. The Morgan fingerprint density at radius 2 is 1.96 bits per heavy atom. The summed E-state index contributed by atoms with van der Waals surface area (Å²) in [5.41, 5.74) is 0.624. The van der Waals surface area contributed by atoms with Crippen molar-refractivity contribution in [3.8, 4) is 5.75 Å². The summed E-state index contributed by atoms with van der Waals surface area (Å²) in [7, 11) is -3.58. The van der Waals surface area contributed by atoms with Crippen molar-refractivity contribution in [3.05, 3.63) is 18.2 Å². The second-order valence-corrected chi connectivity index (χ2v) is 8.44. The lowest BCUT2D eigenvalue weighted by atomic mass is 9.88. The second kappa shape index (κ2) is 6.72. The summed E-state index contributed by atoms with van der Waals surface area (Å²) < 4.78 is 33.6. The van der Waals surface area contributed by atoms with Crippen LogP contribution in [0.15, 0.2) is 23.1 Å². The smallest absolute Gasteiger partial charge is 0.240 e. The van der Waals surface area contributed by atoms with E-state index in [0.29, 0.717) is 30.5 Å². The molecular weight excluding hydrogens is 328 g/mol. The summed E-state index contributed by atoms with van der Waals surface area (Å²) >= 11 is 0. The van der Waals surface area contributed by atoms with Gasteiger partial charge in [-0.2, -0.15) is 0 Å². The van der Waals surface area contributed by atoms with Crippen molar-refractivity contribution >= 4 is 21.6 Å². The second-order valence-electron chi connectivity index (χ2n) is 6.73. The minimum absolute atomic E-state index is 0.00290. The SMILES string of the molecule is CC(=O)N1CCOc2cc(S(=O)(=O)NC3CCC(C)CC3)ccc21. The van der Waals surface area contributed by atoms with Crippen molar-refractivity contribution in [1.82, 2.24) is 4.72 Å². The van der Waals surface area contributed by atoms with Gasteiger partial charge in [-0.25, -0.2) is 13.1 Å². The minimum atomic E-state index is -3.58. The molecule has 1 aliphatic carbocycles. The summed E-state index contributed by atoms with van der Waals surface area (Å²) in [5.74, 6) is 1.03. The fraction of sp³-hybridized carbons (Fsp3) is 0.588. The molecule has 1 aromatic carbocycles. The molecule has 0 aromatic heterocycles. The van der Waals surface area contributed by atoms with Crippen molar-refractivity contribution in [2.75, 3.05) is 18.1 Å². The van der Waals surface area contributed by atoms with E-state index in [9.17, 15) is 13.2 Å². The predicted octanol–water partition coefficient (Wildman–Crippen LogP) is 2.29. The maximum absolute atomic E-state index is 12.6. The van der Waals surface area contributed by atoms with Crippen LogP contribution in [0.4, 0.5) is 5.69 Å². The summed E-state index contributed by atoms with van der Waals surface area (Å²) in [6, 6.07) is 4.69. The van der Waals surface area contributed by atoms with Gasteiger partial charge >= 0.3 is 0 Å². The van der Waals surface area contributed by atoms with E-state index in [1.807, 2.05) is 0 Å². The molecule has 1 saturated carbocycles. The van der Waals surface area contributed by atoms with Gasteiger partial charge in [0.15, 0.2) is 0 Å². The van der Waals surface area contributed by atoms with E-state index in [-0.39, 0.29) is 16.8 Å². The van der Waals surface area contributed by atoms with Crippen LogP contribution in [-0.4, -0.2) is 33.5 Å². The standard InChI is InChI=1S/C17H24N2O4S/c1-12-3-5-14(6-4-12)18-24(21,22)15-7-8-16-17(11-15)23-10-9-19(16)13(2)20/h7-8,11-12,14,18H,3-6,9-10H2,1-2H3. The number of anilines is 1. The highest BCUT2D eigenvalue weighted by Gasteiger charge is 2.27. The minimum Gasteiger partial charge on any atom is -0.489 e. The van der Waals surface area contributed by atoms with Crippen molar-refractivity contribution in [1.29, 1.82) is 0 Å². The quantitative estimate of drug-likeness (QED) is 0.905. The Labute approximate surface area is 143 Å².